The highest BCUT2D eigenvalue weighted by Crippen LogP contribution is 2.12. The number of carbonyl (C=O) groups excluding carboxylic acids is 1. The van der Waals surface area contributed by atoms with Crippen molar-refractivity contribution in [2.45, 2.75) is 6.92 Å². The summed E-state index contributed by atoms with van der Waals surface area (Å²) in [7, 11) is 0. The summed E-state index contributed by atoms with van der Waals surface area (Å²) >= 11 is 0. The van der Waals surface area contributed by atoms with Gasteiger partial charge in [0, 0.05) is 17.6 Å². The molecule has 0 atom stereocenters. The first-order valence-corrected chi connectivity index (χ1v) is 5.13. The van der Waals surface area contributed by atoms with Crippen LogP contribution in [0.5, 0.6) is 0 Å². The summed E-state index contributed by atoms with van der Waals surface area (Å²) in [6.07, 6.45) is 1.57. The van der Waals surface area contributed by atoms with Gasteiger partial charge in [0.25, 0.3) is 5.91 Å². The number of amides is 1. The van der Waals surface area contributed by atoms with E-state index < -0.39 is 11.9 Å². The number of pyridine rings is 1. The second-order valence-corrected chi connectivity index (χ2v) is 3.61. The van der Waals surface area contributed by atoms with E-state index in [4.69, 9.17) is 9.52 Å². The van der Waals surface area contributed by atoms with Gasteiger partial charge in [-0.15, -0.1) is 0 Å². The topological polar surface area (TPSA) is 92.4 Å². The second-order valence-electron chi connectivity index (χ2n) is 3.61. The van der Waals surface area contributed by atoms with E-state index in [0.717, 1.165) is 5.69 Å². The zero-order valence-corrected chi connectivity index (χ0v) is 9.51. The Balaban J connectivity index is 2.14. The molecule has 0 spiro atoms. The quantitative estimate of drug-likeness (QED) is 0.863. The van der Waals surface area contributed by atoms with E-state index in [0.29, 0.717) is 5.69 Å². The Kier molecular flexibility index (Phi) is 3.09. The van der Waals surface area contributed by atoms with Crippen molar-refractivity contribution in [1.29, 1.82) is 0 Å². The first kappa shape index (κ1) is 11.8. The number of aromatic nitrogens is 1. The fourth-order valence-electron chi connectivity index (χ4n) is 1.39. The van der Waals surface area contributed by atoms with Crippen LogP contribution in [0, 0.1) is 6.92 Å². The summed E-state index contributed by atoms with van der Waals surface area (Å²) in [5.74, 6) is -2.05. The molecule has 2 N–H and O–H groups in total. The Labute approximate surface area is 102 Å². The SMILES string of the molecule is Cc1cc(NC(=O)c2ccc(C(=O)O)o2)ccn1. The molecule has 0 bridgehead atoms. The molecule has 0 unspecified atom stereocenters. The first-order valence-electron chi connectivity index (χ1n) is 5.13. The molecule has 0 aromatic carbocycles. The molecular weight excluding hydrogens is 236 g/mol. The molecule has 0 aliphatic carbocycles. The number of anilines is 1. The van der Waals surface area contributed by atoms with Crippen molar-refractivity contribution in [2.24, 2.45) is 0 Å². The molecule has 0 aliphatic heterocycles. The lowest BCUT2D eigenvalue weighted by Crippen LogP contribution is -2.11. The molecule has 2 aromatic rings. The maximum absolute atomic E-state index is 11.7. The monoisotopic (exact) mass is 246 g/mol. The summed E-state index contributed by atoms with van der Waals surface area (Å²) in [5.41, 5.74) is 1.33. The van der Waals surface area contributed by atoms with Crippen LogP contribution in [0.15, 0.2) is 34.9 Å². The van der Waals surface area contributed by atoms with Gasteiger partial charge in [-0.05, 0) is 31.2 Å². The summed E-state index contributed by atoms with van der Waals surface area (Å²) in [4.78, 5) is 26.3. The van der Waals surface area contributed by atoms with Gasteiger partial charge in [-0.2, -0.15) is 0 Å². The predicted octanol–water partition coefficient (Wildman–Crippen LogP) is 1.93. The Morgan fingerprint density at radius 3 is 2.61 bits per heavy atom. The number of furan rings is 1. The van der Waals surface area contributed by atoms with E-state index in [2.05, 4.69) is 10.3 Å². The number of carboxylic acids is 1. The van der Waals surface area contributed by atoms with Crippen molar-refractivity contribution in [3.63, 3.8) is 0 Å². The number of hydrogen-bond donors (Lipinski definition) is 2. The molecular formula is C12H10N2O4. The summed E-state index contributed by atoms with van der Waals surface area (Å²) in [6.45, 7) is 1.80. The van der Waals surface area contributed by atoms with Crippen LogP contribution < -0.4 is 5.32 Å². The minimum absolute atomic E-state index is 0.0538. The number of hydrogen-bond acceptors (Lipinski definition) is 4. The van der Waals surface area contributed by atoms with Gasteiger partial charge in [0.2, 0.25) is 5.76 Å². The standard InChI is InChI=1S/C12H10N2O4/c1-7-6-8(4-5-13-7)14-11(15)9-2-3-10(18-9)12(16)17/h2-6H,1H3,(H,16,17)(H,13,14,15). The Bertz CT molecular complexity index is 604. The average molecular weight is 246 g/mol. The summed E-state index contributed by atoms with van der Waals surface area (Å²) < 4.78 is 4.88. The minimum atomic E-state index is -1.21. The molecule has 92 valence electrons. The molecule has 0 aliphatic rings. The number of nitrogens with one attached hydrogen (secondary N) is 1. The van der Waals surface area contributed by atoms with Crippen LogP contribution in [0.3, 0.4) is 0 Å². The maximum atomic E-state index is 11.7. The van der Waals surface area contributed by atoms with Gasteiger partial charge in [-0.25, -0.2) is 4.79 Å². The third-order valence-electron chi connectivity index (χ3n) is 2.20. The zero-order chi connectivity index (χ0) is 13.1. The number of aryl methyl sites for hydroxylation is 1. The molecule has 1 amide bonds. The van der Waals surface area contributed by atoms with Crippen LogP contribution in [0.1, 0.15) is 26.8 Å². The van der Waals surface area contributed by atoms with Crippen LogP contribution in [0.4, 0.5) is 5.69 Å². The van der Waals surface area contributed by atoms with Crippen LogP contribution in [-0.2, 0) is 0 Å². The Hall–Kier alpha value is -2.63. The van der Waals surface area contributed by atoms with Crippen molar-refractivity contribution >= 4 is 17.6 Å². The van der Waals surface area contributed by atoms with Crippen molar-refractivity contribution in [2.75, 3.05) is 5.32 Å². The van der Waals surface area contributed by atoms with Gasteiger partial charge < -0.3 is 14.8 Å². The number of carbonyl (C=O) groups is 2. The molecule has 18 heavy (non-hydrogen) atoms. The van der Waals surface area contributed by atoms with Gasteiger partial charge in [0.05, 0.1) is 0 Å². The number of rotatable bonds is 3. The third kappa shape index (κ3) is 2.54. The van der Waals surface area contributed by atoms with E-state index in [-0.39, 0.29) is 11.5 Å². The molecule has 0 radical (unpaired) electrons. The molecule has 0 saturated heterocycles. The predicted molar refractivity (Wildman–Crippen MR) is 62.6 cm³/mol. The van der Waals surface area contributed by atoms with E-state index in [1.54, 1.807) is 25.3 Å². The normalized spacial score (nSPS) is 10.1. The molecule has 6 nitrogen and oxygen atoms in total. The van der Waals surface area contributed by atoms with Gasteiger partial charge in [-0.1, -0.05) is 0 Å². The van der Waals surface area contributed by atoms with Crippen molar-refractivity contribution in [3.8, 4) is 0 Å². The molecule has 2 heterocycles. The molecule has 0 saturated carbocycles. The first-order chi connectivity index (χ1) is 8.56. The van der Waals surface area contributed by atoms with Crippen LogP contribution >= 0.6 is 0 Å². The maximum Gasteiger partial charge on any atom is 0.371 e. The Morgan fingerprint density at radius 1 is 1.28 bits per heavy atom. The van der Waals surface area contributed by atoms with E-state index in [1.807, 2.05) is 0 Å². The third-order valence-corrected chi connectivity index (χ3v) is 2.20. The molecule has 2 aromatic heterocycles. The van der Waals surface area contributed by atoms with Crippen molar-refractivity contribution in [3.05, 3.63) is 47.7 Å². The lowest BCUT2D eigenvalue weighted by atomic mass is 10.3. The molecule has 6 heteroatoms. The Morgan fingerprint density at radius 2 is 2.00 bits per heavy atom. The highest BCUT2D eigenvalue weighted by atomic mass is 16.4. The lowest BCUT2D eigenvalue weighted by molar-refractivity contribution is 0.0660. The van der Waals surface area contributed by atoms with Crippen molar-refractivity contribution in [1.82, 2.24) is 4.98 Å². The smallest absolute Gasteiger partial charge is 0.371 e. The van der Waals surface area contributed by atoms with Gasteiger partial charge in [-0.3, -0.25) is 9.78 Å². The van der Waals surface area contributed by atoms with Gasteiger partial charge in [0.15, 0.2) is 5.76 Å². The van der Waals surface area contributed by atoms with Crippen molar-refractivity contribution < 1.29 is 19.1 Å². The second kappa shape index (κ2) is 4.70. The average Bonchev–Trinajstić information content (AvgIpc) is 2.78. The molecule has 0 fully saturated rings. The van der Waals surface area contributed by atoms with E-state index in [9.17, 15) is 9.59 Å². The van der Waals surface area contributed by atoms with Crippen LogP contribution in [0.25, 0.3) is 0 Å². The number of nitrogens with zero attached hydrogens (tertiary/aromatic N) is 1. The lowest BCUT2D eigenvalue weighted by Gasteiger charge is -2.03. The molecule has 2 rings (SSSR count). The highest BCUT2D eigenvalue weighted by Gasteiger charge is 2.14. The fraction of sp³-hybridized carbons (Fsp3) is 0.0833. The summed E-state index contributed by atoms with van der Waals surface area (Å²) in [6, 6.07) is 5.87. The minimum Gasteiger partial charge on any atom is -0.475 e. The summed E-state index contributed by atoms with van der Waals surface area (Å²) in [5, 5.41) is 11.3. The zero-order valence-electron chi connectivity index (χ0n) is 9.51. The van der Waals surface area contributed by atoms with Gasteiger partial charge >= 0.3 is 5.97 Å². The fourth-order valence-corrected chi connectivity index (χ4v) is 1.39. The van der Waals surface area contributed by atoms with Crippen LogP contribution in [-0.4, -0.2) is 22.0 Å². The van der Waals surface area contributed by atoms with E-state index >= 15 is 0 Å². The largest absolute Gasteiger partial charge is 0.475 e. The number of aromatic carboxylic acids is 1. The van der Waals surface area contributed by atoms with Gasteiger partial charge in [0.1, 0.15) is 0 Å². The highest BCUT2D eigenvalue weighted by molar-refractivity contribution is 6.02. The van der Waals surface area contributed by atoms with Crippen LogP contribution in [0.2, 0.25) is 0 Å². The van der Waals surface area contributed by atoms with E-state index in [1.165, 1.54) is 12.1 Å². The number of carboxylic acid groups (broad SMARTS) is 1.